The van der Waals surface area contributed by atoms with Gasteiger partial charge in [0.05, 0.1) is 4.90 Å². The molecule has 144 valence electrons. The Morgan fingerprint density at radius 3 is 2.11 bits per heavy atom. The summed E-state index contributed by atoms with van der Waals surface area (Å²) in [5.74, 6) is 0.218. The van der Waals surface area contributed by atoms with Crippen LogP contribution in [0, 0.1) is 6.92 Å². The molecule has 0 amide bonds. The second kappa shape index (κ2) is 7.90. The van der Waals surface area contributed by atoms with Gasteiger partial charge in [0.1, 0.15) is 0 Å². The first-order valence-corrected chi connectivity index (χ1v) is 11.2. The Morgan fingerprint density at radius 1 is 0.857 bits per heavy atom. The van der Waals surface area contributed by atoms with Gasteiger partial charge in [0, 0.05) is 12.6 Å². The summed E-state index contributed by atoms with van der Waals surface area (Å²) in [5, 5.41) is 0. The summed E-state index contributed by atoms with van der Waals surface area (Å²) in [4.78, 5) is 0.380. The fourth-order valence-electron chi connectivity index (χ4n) is 4.06. The van der Waals surface area contributed by atoms with E-state index in [1.54, 1.807) is 16.4 Å². The molecule has 1 aliphatic heterocycles. The summed E-state index contributed by atoms with van der Waals surface area (Å²) in [5.41, 5.74) is 3.44. The summed E-state index contributed by atoms with van der Waals surface area (Å²) in [6, 6.07) is 27.6. The van der Waals surface area contributed by atoms with E-state index < -0.39 is 10.0 Å². The van der Waals surface area contributed by atoms with E-state index in [-0.39, 0.29) is 12.0 Å². The van der Waals surface area contributed by atoms with Crippen LogP contribution in [0.2, 0.25) is 0 Å². The van der Waals surface area contributed by atoms with Crippen LogP contribution in [0.15, 0.2) is 89.8 Å². The number of aryl methyl sites for hydroxylation is 1. The Kier molecular flexibility index (Phi) is 5.33. The van der Waals surface area contributed by atoms with Crippen LogP contribution in [0.3, 0.4) is 0 Å². The Labute approximate surface area is 167 Å². The van der Waals surface area contributed by atoms with Gasteiger partial charge in [0.2, 0.25) is 10.0 Å². The normalized spacial score (nSPS) is 20.3. The SMILES string of the molecule is Cc1ccc(S(=O)(=O)N2CC(c3ccccc3)CC2Cc2ccccc2)cc1. The first-order valence-electron chi connectivity index (χ1n) is 9.71. The predicted molar refractivity (Wildman–Crippen MR) is 113 cm³/mol. The molecule has 2 unspecified atom stereocenters. The van der Waals surface area contributed by atoms with Crippen LogP contribution in [0.5, 0.6) is 0 Å². The average Bonchev–Trinajstić information content (AvgIpc) is 3.14. The van der Waals surface area contributed by atoms with E-state index in [4.69, 9.17) is 0 Å². The van der Waals surface area contributed by atoms with Gasteiger partial charge < -0.3 is 0 Å². The maximum atomic E-state index is 13.4. The topological polar surface area (TPSA) is 37.4 Å². The van der Waals surface area contributed by atoms with E-state index in [2.05, 4.69) is 24.3 Å². The summed E-state index contributed by atoms with van der Waals surface area (Å²) >= 11 is 0. The number of benzene rings is 3. The molecule has 4 heteroatoms. The van der Waals surface area contributed by atoms with Crippen molar-refractivity contribution in [3.8, 4) is 0 Å². The van der Waals surface area contributed by atoms with Crippen LogP contribution < -0.4 is 0 Å². The van der Waals surface area contributed by atoms with E-state index >= 15 is 0 Å². The molecule has 3 aromatic carbocycles. The zero-order chi connectivity index (χ0) is 19.6. The van der Waals surface area contributed by atoms with Gasteiger partial charge in [-0.1, -0.05) is 78.4 Å². The Bertz CT molecular complexity index is 1020. The third-order valence-electron chi connectivity index (χ3n) is 5.58. The molecule has 0 N–H and O–H groups in total. The van der Waals surface area contributed by atoms with E-state index in [1.807, 2.05) is 55.5 Å². The Morgan fingerprint density at radius 2 is 1.46 bits per heavy atom. The molecule has 4 rings (SSSR count). The molecular formula is C24H25NO2S. The zero-order valence-electron chi connectivity index (χ0n) is 16.0. The van der Waals surface area contributed by atoms with Crippen LogP contribution in [-0.4, -0.2) is 25.3 Å². The fourth-order valence-corrected chi connectivity index (χ4v) is 5.74. The van der Waals surface area contributed by atoms with Gasteiger partial charge in [-0.3, -0.25) is 0 Å². The second-order valence-electron chi connectivity index (χ2n) is 7.57. The smallest absolute Gasteiger partial charge is 0.207 e. The number of hydrogen-bond acceptors (Lipinski definition) is 2. The molecule has 0 aliphatic carbocycles. The first kappa shape index (κ1) is 18.9. The van der Waals surface area contributed by atoms with Crippen molar-refractivity contribution in [1.82, 2.24) is 4.31 Å². The highest BCUT2D eigenvalue weighted by molar-refractivity contribution is 7.89. The molecule has 3 aromatic rings. The molecule has 3 nitrogen and oxygen atoms in total. The van der Waals surface area contributed by atoms with Crippen molar-refractivity contribution >= 4 is 10.0 Å². The molecule has 0 saturated carbocycles. The molecule has 0 aromatic heterocycles. The van der Waals surface area contributed by atoms with Crippen molar-refractivity contribution < 1.29 is 8.42 Å². The monoisotopic (exact) mass is 391 g/mol. The molecule has 1 fully saturated rings. The standard InChI is InChI=1S/C24H25NO2S/c1-19-12-14-24(15-13-19)28(26,27)25-18-22(21-10-6-3-7-11-21)17-23(25)16-20-8-4-2-5-9-20/h2-15,22-23H,16-18H2,1H3. The number of hydrogen-bond donors (Lipinski definition) is 0. The molecule has 0 radical (unpaired) electrons. The lowest BCUT2D eigenvalue weighted by Crippen LogP contribution is -2.37. The van der Waals surface area contributed by atoms with Gasteiger partial charge in [-0.25, -0.2) is 8.42 Å². The lowest BCUT2D eigenvalue weighted by molar-refractivity contribution is 0.385. The van der Waals surface area contributed by atoms with Crippen molar-refractivity contribution in [2.75, 3.05) is 6.54 Å². The maximum absolute atomic E-state index is 13.4. The van der Waals surface area contributed by atoms with Crippen molar-refractivity contribution in [2.45, 2.75) is 36.6 Å². The molecule has 1 saturated heterocycles. The molecule has 2 atom stereocenters. The molecule has 0 bridgehead atoms. The van der Waals surface area contributed by atoms with Crippen LogP contribution in [-0.2, 0) is 16.4 Å². The third-order valence-corrected chi connectivity index (χ3v) is 7.51. The van der Waals surface area contributed by atoms with E-state index in [0.717, 1.165) is 18.4 Å². The molecule has 0 spiro atoms. The average molecular weight is 392 g/mol. The van der Waals surface area contributed by atoms with Gasteiger partial charge in [0.25, 0.3) is 0 Å². The van der Waals surface area contributed by atoms with Gasteiger partial charge in [-0.15, -0.1) is 0 Å². The molecule has 1 heterocycles. The lowest BCUT2D eigenvalue weighted by Gasteiger charge is -2.24. The largest absolute Gasteiger partial charge is 0.243 e. The molecular weight excluding hydrogens is 366 g/mol. The van der Waals surface area contributed by atoms with Gasteiger partial charge in [0.15, 0.2) is 0 Å². The van der Waals surface area contributed by atoms with Gasteiger partial charge in [-0.05, 0) is 48.9 Å². The lowest BCUT2D eigenvalue weighted by atomic mass is 9.94. The summed E-state index contributed by atoms with van der Waals surface area (Å²) < 4.78 is 28.6. The quantitative estimate of drug-likeness (QED) is 0.627. The number of sulfonamides is 1. The van der Waals surface area contributed by atoms with Gasteiger partial charge in [-0.2, -0.15) is 4.31 Å². The minimum atomic E-state index is -3.53. The molecule has 28 heavy (non-hydrogen) atoms. The minimum Gasteiger partial charge on any atom is -0.207 e. The zero-order valence-corrected chi connectivity index (χ0v) is 16.8. The van der Waals surface area contributed by atoms with Crippen LogP contribution in [0.4, 0.5) is 0 Å². The Balaban J connectivity index is 1.67. The minimum absolute atomic E-state index is 0.0427. The van der Waals surface area contributed by atoms with Gasteiger partial charge >= 0.3 is 0 Å². The Hall–Kier alpha value is -2.43. The highest BCUT2D eigenvalue weighted by Crippen LogP contribution is 2.37. The van der Waals surface area contributed by atoms with Crippen LogP contribution in [0.25, 0.3) is 0 Å². The predicted octanol–water partition coefficient (Wildman–Crippen LogP) is 4.78. The van der Waals surface area contributed by atoms with Crippen molar-refractivity contribution in [3.63, 3.8) is 0 Å². The van der Waals surface area contributed by atoms with Crippen molar-refractivity contribution in [1.29, 1.82) is 0 Å². The van der Waals surface area contributed by atoms with E-state index in [0.29, 0.717) is 11.4 Å². The van der Waals surface area contributed by atoms with Crippen LogP contribution >= 0.6 is 0 Å². The molecule has 1 aliphatic rings. The number of nitrogens with zero attached hydrogens (tertiary/aromatic N) is 1. The third kappa shape index (κ3) is 3.89. The van der Waals surface area contributed by atoms with Crippen LogP contribution in [0.1, 0.15) is 29.0 Å². The second-order valence-corrected chi connectivity index (χ2v) is 9.47. The summed E-state index contributed by atoms with van der Waals surface area (Å²) in [7, 11) is -3.53. The summed E-state index contributed by atoms with van der Waals surface area (Å²) in [6.07, 6.45) is 1.57. The fraction of sp³-hybridized carbons (Fsp3) is 0.250. The highest BCUT2D eigenvalue weighted by atomic mass is 32.2. The summed E-state index contributed by atoms with van der Waals surface area (Å²) in [6.45, 7) is 2.49. The van der Waals surface area contributed by atoms with Crippen molar-refractivity contribution in [3.05, 3.63) is 102 Å². The van der Waals surface area contributed by atoms with E-state index in [1.165, 1.54) is 11.1 Å². The highest BCUT2D eigenvalue weighted by Gasteiger charge is 2.40. The van der Waals surface area contributed by atoms with Crippen molar-refractivity contribution in [2.24, 2.45) is 0 Å². The maximum Gasteiger partial charge on any atom is 0.243 e. The number of rotatable bonds is 5. The first-order chi connectivity index (χ1) is 13.5. The van der Waals surface area contributed by atoms with E-state index in [9.17, 15) is 8.42 Å².